The molecule has 0 saturated heterocycles. The average Bonchev–Trinajstić information content (AvgIpc) is 3.47. The number of hydrogen-bond donors (Lipinski definition) is 2. The number of aromatic nitrogens is 4. The van der Waals surface area contributed by atoms with Gasteiger partial charge < -0.3 is 5.32 Å². The first-order chi connectivity index (χ1) is 13.8. The van der Waals surface area contributed by atoms with Gasteiger partial charge in [-0.2, -0.15) is 10.2 Å². The van der Waals surface area contributed by atoms with Crippen molar-refractivity contribution in [2.24, 2.45) is 0 Å². The van der Waals surface area contributed by atoms with Crippen LogP contribution in [0.5, 0.6) is 0 Å². The molecule has 3 heterocycles. The summed E-state index contributed by atoms with van der Waals surface area (Å²) in [4.78, 5) is 14.0. The van der Waals surface area contributed by atoms with E-state index >= 15 is 0 Å². The van der Waals surface area contributed by atoms with Gasteiger partial charge in [0.05, 0.1) is 27.8 Å². The standard InChI is InChI=1S/C21H15N5OS/c27-21(23-15-8-9-18-14(11-15)12-22-24-18)17-13-26(16-5-2-1-3-6-16)25-20(17)19-7-4-10-28-19/h1-13H,(H,22,24)(H,23,27). The molecular formula is C21H15N5OS. The van der Waals surface area contributed by atoms with Crippen LogP contribution < -0.4 is 5.32 Å². The molecular weight excluding hydrogens is 370 g/mol. The Bertz CT molecular complexity index is 1250. The number of H-pyrrole nitrogens is 1. The fourth-order valence-electron chi connectivity index (χ4n) is 3.07. The number of aromatic amines is 1. The molecule has 0 saturated carbocycles. The third kappa shape index (κ3) is 2.97. The van der Waals surface area contributed by atoms with E-state index in [2.05, 4.69) is 20.6 Å². The van der Waals surface area contributed by atoms with Crippen LogP contribution in [0.25, 0.3) is 27.2 Å². The predicted molar refractivity (Wildman–Crippen MR) is 111 cm³/mol. The summed E-state index contributed by atoms with van der Waals surface area (Å²) in [5.41, 5.74) is 3.73. The molecule has 0 aliphatic heterocycles. The molecule has 0 radical (unpaired) electrons. The first-order valence-corrected chi connectivity index (χ1v) is 9.59. The van der Waals surface area contributed by atoms with Gasteiger partial charge in [0.25, 0.3) is 5.91 Å². The summed E-state index contributed by atoms with van der Waals surface area (Å²) in [7, 11) is 0. The van der Waals surface area contributed by atoms with Crippen LogP contribution in [-0.4, -0.2) is 25.9 Å². The van der Waals surface area contributed by atoms with Gasteiger partial charge in [-0.3, -0.25) is 9.89 Å². The fourth-order valence-corrected chi connectivity index (χ4v) is 3.79. The number of rotatable bonds is 4. The van der Waals surface area contributed by atoms with Gasteiger partial charge in [0.2, 0.25) is 0 Å². The van der Waals surface area contributed by atoms with Crippen molar-refractivity contribution < 1.29 is 4.79 Å². The normalized spacial score (nSPS) is 11.0. The molecule has 3 aromatic heterocycles. The summed E-state index contributed by atoms with van der Waals surface area (Å²) >= 11 is 1.56. The molecule has 6 nitrogen and oxygen atoms in total. The summed E-state index contributed by atoms with van der Waals surface area (Å²) in [6.07, 6.45) is 3.51. The minimum absolute atomic E-state index is 0.201. The molecule has 0 spiro atoms. The number of hydrogen-bond acceptors (Lipinski definition) is 4. The van der Waals surface area contributed by atoms with Crippen LogP contribution in [0, 0.1) is 0 Å². The molecule has 5 aromatic rings. The van der Waals surface area contributed by atoms with Crippen molar-refractivity contribution in [3.05, 3.63) is 84.0 Å². The Morgan fingerprint density at radius 1 is 1.07 bits per heavy atom. The molecule has 136 valence electrons. The minimum Gasteiger partial charge on any atom is -0.322 e. The van der Waals surface area contributed by atoms with Gasteiger partial charge >= 0.3 is 0 Å². The third-order valence-corrected chi connectivity index (χ3v) is 5.31. The van der Waals surface area contributed by atoms with Crippen LogP contribution in [0.15, 0.2) is 78.4 Å². The molecule has 1 amide bonds. The maximum absolute atomic E-state index is 13.1. The lowest BCUT2D eigenvalue weighted by Crippen LogP contribution is -2.12. The fraction of sp³-hybridized carbons (Fsp3) is 0. The molecule has 0 aliphatic carbocycles. The molecule has 0 aliphatic rings. The molecule has 28 heavy (non-hydrogen) atoms. The Kier molecular flexibility index (Phi) is 3.99. The highest BCUT2D eigenvalue weighted by molar-refractivity contribution is 7.13. The Morgan fingerprint density at radius 3 is 2.79 bits per heavy atom. The molecule has 0 unspecified atom stereocenters. The smallest absolute Gasteiger partial charge is 0.259 e. The second kappa shape index (κ2) is 6.79. The van der Waals surface area contributed by atoms with E-state index in [1.54, 1.807) is 28.4 Å². The van der Waals surface area contributed by atoms with Crippen LogP contribution in [0.2, 0.25) is 0 Å². The molecule has 2 N–H and O–H groups in total. The van der Waals surface area contributed by atoms with Gasteiger partial charge in [0.1, 0.15) is 5.69 Å². The van der Waals surface area contributed by atoms with Crippen molar-refractivity contribution in [1.29, 1.82) is 0 Å². The minimum atomic E-state index is -0.201. The van der Waals surface area contributed by atoms with E-state index in [0.717, 1.165) is 21.5 Å². The third-order valence-electron chi connectivity index (χ3n) is 4.43. The monoisotopic (exact) mass is 385 g/mol. The second-order valence-electron chi connectivity index (χ2n) is 6.27. The molecule has 7 heteroatoms. The summed E-state index contributed by atoms with van der Waals surface area (Å²) in [5, 5.41) is 17.5. The van der Waals surface area contributed by atoms with Gasteiger partial charge in [-0.05, 0) is 41.8 Å². The zero-order chi connectivity index (χ0) is 18.9. The summed E-state index contributed by atoms with van der Waals surface area (Å²) < 4.78 is 1.74. The lowest BCUT2D eigenvalue weighted by molar-refractivity contribution is 0.102. The van der Waals surface area contributed by atoms with Crippen LogP contribution in [-0.2, 0) is 0 Å². The van der Waals surface area contributed by atoms with Gasteiger partial charge in [0, 0.05) is 17.3 Å². The van der Waals surface area contributed by atoms with Crippen molar-refractivity contribution in [2.45, 2.75) is 0 Å². The second-order valence-corrected chi connectivity index (χ2v) is 7.22. The van der Waals surface area contributed by atoms with E-state index in [4.69, 9.17) is 0 Å². The van der Waals surface area contributed by atoms with Crippen LogP contribution in [0.1, 0.15) is 10.4 Å². The highest BCUT2D eigenvalue weighted by atomic mass is 32.1. The largest absolute Gasteiger partial charge is 0.322 e. The number of anilines is 1. The van der Waals surface area contributed by atoms with Crippen molar-refractivity contribution in [3.63, 3.8) is 0 Å². The Hall–Kier alpha value is -3.71. The SMILES string of the molecule is O=C(Nc1ccc2[nH]ncc2c1)c1cn(-c2ccccc2)nc1-c1cccs1. The first-order valence-electron chi connectivity index (χ1n) is 8.71. The van der Waals surface area contributed by atoms with E-state index in [-0.39, 0.29) is 5.91 Å². The Labute approximate surface area is 164 Å². The summed E-state index contributed by atoms with van der Waals surface area (Å²) in [6.45, 7) is 0. The maximum atomic E-state index is 13.1. The number of amides is 1. The summed E-state index contributed by atoms with van der Waals surface area (Å²) in [6, 6.07) is 19.3. The highest BCUT2D eigenvalue weighted by Gasteiger charge is 2.19. The zero-order valence-corrected chi connectivity index (χ0v) is 15.5. The lowest BCUT2D eigenvalue weighted by atomic mass is 10.2. The van der Waals surface area contributed by atoms with Crippen molar-refractivity contribution in [1.82, 2.24) is 20.0 Å². The van der Waals surface area contributed by atoms with Crippen molar-refractivity contribution in [2.75, 3.05) is 5.32 Å². The quantitative estimate of drug-likeness (QED) is 0.470. The summed E-state index contributed by atoms with van der Waals surface area (Å²) in [5.74, 6) is -0.201. The lowest BCUT2D eigenvalue weighted by Gasteiger charge is -2.05. The zero-order valence-electron chi connectivity index (χ0n) is 14.7. The number of carbonyl (C=O) groups excluding carboxylic acids is 1. The van der Waals surface area contributed by atoms with Gasteiger partial charge in [-0.25, -0.2) is 4.68 Å². The number of thiophene rings is 1. The Morgan fingerprint density at radius 2 is 1.96 bits per heavy atom. The van der Waals surface area contributed by atoms with Gasteiger partial charge in [-0.1, -0.05) is 24.3 Å². The number of benzene rings is 2. The first kappa shape index (κ1) is 16.5. The van der Waals surface area contributed by atoms with E-state index in [0.29, 0.717) is 16.9 Å². The maximum Gasteiger partial charge on any atom is 0.259 e. The number of nitrogens with one attached hydrogen (secondary N) is 2. The number of nitrogens with zero attached hydrogens (tertiary/aromatic N) is 3. The number of fused-ring (bicyclic) bond motifs is 1. The molecule has 0 fully saturated rings. The van der Waals surface area contributed by atoms with E-state index in [9.17, 15) is 4.79 Å². The van der Waals surface area contributed by atoms with Gasteiger partial charge in [-0.15, -0.1) is 11.3 Å². The van der Waals surface area contributed by atoms with E-state index < -0.39 is 0 Å². The van der Waals surface area contributed by atoms with Gasteiger partial charge in [0.15, 0.2) is 0 Å². The predicted octanol–water partition coefficient (Wildman–Crippen LogP) is 4.73. The molecule has 0 bridgehead atoms. The van der Waals surface area contributed by atoms with Crippen LogP contribution in [0.3, 0.4) is 0 Å². The van der Waals surface area contributed by atoms with Crippen molar-refractivity contribution >= 4 is 33.8 Å². The highest BCUT2D eigenvalue weighted by Crippen LogP contribution is 2.28. The van der Waals surface area contributed by atoms with E-state index in [1.165, 1.54) is 0 Å². The number of para-hydroxylation sites is 1. The Balaban J connectivity index is 1.53. The van der Waals surface area contributed by atoms with E-state index in [1.807, 2.05) is 66.0 Å². The average molecular weight is 385 g/mol. The van der Waals surface area contributed by atoms with Crippen molar-refractivity contribution in [3.8, 4) is 16.3 Å². The van der Waals surface area contributed by atoms with Crippen LogP contribution in [0.4, 0.5) is 5.69 Å². The van der Waals surface area contributed by atoms with Crippen LogP contribution >= 0.6 is 11.3 Å². The number of carbonyl (C=O) groups is 1. The molecule has 2 aromatic carbocycles. The molecule has 0 atom stereocenters. The molecule has 5 rings (SSSR count). The topological polar surface area (TPSA) is 75.6 Å².